The number of likely N-dealkylation sites (tertiary alicyclic amines) is 1. The Morgan fingerprint density at radius 3 is 2.85 bits per heavy atom. The summed E-state index contributed by atoms with van der Waals surface area (Å²) in [6.07, 6.45) is 3.86. The molecule has 0 spiro atoms. The fourth-order valence-electron chi connectivity index (χ4n) is 4.24. The van der Waals surface area contributed by atoms with Crippen molar-refractivity contribution in [3.05, 3.63) is 42.1 Å². The zero-order chi connectivity index (χ0) is 17.7. The van der Waals surface area contributed by atoms with Crippen molar-refractivity contribution in [1.29, 1.82) is 0 Å². The van der Waals surface area contributed by atoms with Crippen molar-refractivity contribution >= 4 is 17.3 Å². The van der Waals surface area contributed by atoms with E-state index in [2.05, 4.69) is 25.4 Å². The van der Waals surface area contributed by atoms with Gasteiger partial charge in [0.15, 0.2) is 5.65 Å². The molecular weight excluding hydrogens is 330 g/mol. The SMILES string of the molecule is O=CC(c1cc(-c2ccc(O)cc2)nc2[nH]ncc12)N1CC2CC1CN2. The fraction of sp³-hybridized carbons (Fsp3) is 0.316. The summed E-state index contributed by atoms with van der Waals surface area (Å²) in [5, 5.41) is 20.9. The van der Waals surface area contributed by atoms with Crippen LogP contribution in [0.25, 0.3) is 22.3 Å². The number of piperazine rings is 1. The lowest BCUT2D eigenvalue weighted by molar-refractivity contribution is -0.113. The minimum absolute atomic E-state index is 0.211. The molecule has 26 heavy (non-hydrogen) atoms. The first-order valence-electron chi connectivity index (χ1n) is 8.81. The molecule has 2 aromatic heterocycles. The summed E-state index contributed by atoms with van der Waals surface area (Å²) in [6, 6.07) is 9.44. The van der Waals surface area contributed by atoms with Crippen LogP contribution in [-0.4, -0.2) is 56.6 Å². The van der Waals surface area contributed by atoms with Gasteiger partial charge in [-0.3, -0.25) is 10.00 Å². The summed E-state index contributed by atoms with van der Waals surface area (Å²) in [5.41, 5.74) is 3.23. The van der Waals surface area contributed by atoms with Gasteiger partial charge >= 0.3 is 0 Å². The van der Waals surface area contributed by atoms with Crippen LogP contribution < -0.4 is 5.32 Å². The van der Waals surface area contributed by atoms with Crippen LogP contribution in [0.1, 0.15) is 18.0 Å². The van der Waals surface area contributed by atoms with Crippen molar-refractivity contribution in [3.63, 3.8) is 0 Å². The molecule has 2 fully saturated rings. The van der Waals surface area contributed by atoms with Gasteiger partial charge in [-0.2, -0.15) is 5.10 Å². The molecule has 3 aromatic rings. The normalized spacial score (nSPS) is 23.5. The summed E-state index contributed by atoms with van der Waals surface area (Å²) in [6.45, 7) is 1.81. The smallest absolute Gasteiger partial charge is 0.156 e. The van der Waals surface area contributed by atoms with Gasteiger partial charge in [-0.25, -0.2) is 4.98 Å². The average Bonchev–Trinajstić information content (AvgIpc) is 3.39. The minimum Gasteiger partial charge on any atom is -0.508 e. The van der Waals surface area contributed by atoms with Gasteiger partial charge < -0.3 is 15.2 Å². The zero-order valence-electron chi connectivity index (χ0n) is 14.1. The number of carbonyl (C=O) groups excluding carboxylic acids is 1. The van der Waals surface area contributed by atoms with Crippen LogP contribution in [0.3, 0.4) is 0 Å². The number of H-pyrrole nitrogens is 1. The lowest BCUT2D eigenvalue weighted by Gasteiger charge is -2.32. The van der Waals surface area contributed by atoms with Crippen molar-refractivity contribution in [2.24, 2.45) is 0 Å². The summed E-state index contributed by atoms with van der Waals surface area (Å²) in [5.74, 6) is 0.211. The molecular formula is C19H19N5O2. The van der Waals surface area contributed by atoms with E-state index in [1.165, 1.54) is 0 Å². The van der Waals surface area contributed by atoms with Crippen LogP contribution in [0.5, 0.6) is 5.75 Å². The molecule has 5 rings (SSSR count). The summed E-state index contributed by atoms with van der Waals surface area (Å²) in [4.78, 5) is 19.0. The molecule has 3 N–H and O–H groups in total. The van der Waals surface area contributed by atoms with Crippen molar-refractivity contribution < 1.29 is 9.90 Å². The highest BCUT2D eigenvalue weighted by molar-refractivity contribution is 5.85. The van der Waals surface area contributed by atoms with E-state index in [-0.39, 0.29) is 11.8 Å². The number of nitrogens with one attached hydrogen (secondary N) is 2. The molecule has 0 radical (unpaired) electrons. The second-order valence-corrected chi connectivity index (χ2v) is 7.05. The molecule has 2 aliphatic heterocycles. The predicted molar refractivity (Wildman–Crippen MR) is 96.7 cm³/mol. The number of aldehydes is 1. The van der Waals surface area contributed by atoms with Crippen LogP contribution in [0.15, 0.2) is 36.5 Å². The monoisotopic (exact) mass is 349 g/mol. The van der Waals surface area contributed by atoms with E-state index in [1.54, 1.807) is 18.3 Å². The Labute approximate surface area is 150 Å². The topological polar surface area (TPSA) is 94.1 Å². The van der Waals surface area contributed by atoms with Gasteiger partial charge in [-0.15, -0.1) is 0 Å². The number of pyridine rings is 1. The molecule has 0 aliphatic carbocycles. The molecule has 7 nitrogen and oxygen atoms in total. The van der Waals surface area contributed by atoms with Crippen molar-refractivity contribution in [2.75, 3.05) is 13.1 Å². The minimum atomic E-state index is -0.314. The van der Waals surface area contributed by atoms with Crippen LogP contribution in [0.2, 0.25) is 0 Å². The van der Waals surface area contributed by atoms with Crippen LogP contribution in [0.4, 0.5) is 0 Å². The summed E-state index contributed by atoms with van der Waals surface area (Å²) >= 11 is 0. The van der Waals surface area contributed by atoms with E-state index in [0.29, 0.717) is 17.7 Å². The molecule has 7 heteroatoms. The number of benzene rings is 1. The van der Waals surface area contributed by atoms with Crippen molar-refractivity contribution in [1.82, 2.24) is 25.4 Å². The largest absolute Gasteiger partial charge is 0.508 e. The number of carbonyl (C=O) groups is 1. The summed E-state index contributed by atoms with van der Waals surface area (Å²) < 4.78 is 0. The first-order chi connectivity index (χ1) is 12.7. The van der Waals surface area contributed by atoms with E-state index in [0.717, 1.165) is 48.0 Å². The van der Waals surface area contributed by atoms with Crippen molar-refractivity contribution in [2.45, 2.75) is 24.5 Å². The highest BCUT2D eigenvalue weighted by atomic mass is 16.3. The van der Waals surface area contributed by atoms with E-state index in [4.69, 9.17) is 0 Å². The second-order valence-electron chi connectivity index (χ2n) is 7.05. The van der Waals surface area contributed by atoms with E-state index in [9.17, 15) is 9.90 Å². The Balaban J connectivity index is 1.62. The molecule has 3 atom stereocenters. The number of aromatic nitrogens is 3. The molecule has 2 saturated heterocycles. The first-order valence-corrected chi connectivity index (χ1v) is 8.81. The Hall–Kier alpha value is -2.77. The maximum atomic E-state index is 12.1. The quantitative estimate of drug-likeness (QED) is 0.620. The molecule has 3 unspecified atom stereocenters. The number of nitrogens with zero attached hydrogens (tertiary/aromatic N) is 3. The number of hydrogen-bond acceptors (Lipinski definition) is 6. The number of rotatable bonds is 4. The van der Waals surface area contributed by atoms with Gasteiger partial charge in [0, 0.05) is 36.1 Å². The maximum Gasteiger partial charge on any atom is 0.156 e. The van der Waals surface area contributed by atoms with Gasteiger partial charge in [-0.1, -0.05) is 0 Å². The van der Waals surface area contributed by atoms with E-state index < -0.39 is 0 Å². The highest BCUT2D eigenvalue weighted by Crippen LogP contribution is 2.35. The van der Waals surface area contributed by atoms with Crippen molar-refractivity contribution in [3.8, 4) is 17.0 Å². The lowest BCUT2D eigenvalue weighted by Crippen LogP contribution is -2.45. The predicted octanol–water partition coefficient (Wildman–Crippen LogP) is 1.62. The highest BCUT2D eigenvalue weighted by Gasteiger charge is 2.41. The Kier molecular flexibility index (Phi) is 3.51. The third kappa shape index (κ3) is 2.40. The third-order valence-corrected chi connectivity index (χ3v) is 5.52. The van der Waals surface area contributed by atoms with Gasteiger partial charge in [0.25, 0.3) is 0 Å². The Morgan fingerprint density at radius 2 is 2.15 bits per heavy atom. The standard InChI is InChI=1S/C19H19N5O2/c25-10-18(24-9-12-5-13(24)7-20-12)15-6-17(11-1-3-14(26)4-2-11)22-19-16(15)8-21-23-19/h1-4,6,8,10,12-13,18,20,26H,5,7,9H2,(H,21,22,23). The summed E-state index contributed by atoms with van der Waals surface area (Å²) in [7, 11) is 0. The van der Waals surface area contributed by atoms with Crippen LogP contribution in [-0.2, 0) is 4.79 Å². The fourth-order valence-corrected chi connectivity index (χ4v) is 4.24. The number of hydrogen-bond donors (Lipinski definition) is 3. The van der Waals surface area contributed by atoms with Crippen LogP contribution in [0, 0.1) is 0 Å². The molecule has 0 amide bonds. The van der Waals surface area contributed by atoms with E-state index >= 15 is 0 Å². The third-order valence-electron chi connectivity index (χ3n) is 5.52. The Morgan fingerprint density at radius 1 is 1.31 bits per heavy atom. The zero-order valence-corrected chi connectivity index (χ0v) is 14.1. The van der Waals surface area contributed by atoms with Gasteiger partial charge in [0.1, 0.15) is 12.0 Å². The van der Waals surface area contributed by atoms with E-state index in [1.807, 2.05) is 18.2 Å². The second kappa shape index (κ2) is 5.89. The first kappa shape index (κ1) is 15.5. The Bertz CT molecular complexity index is 968. The average molecular weight is 349 g/mol. The van der Waals surface area contributed by atoms with Gasteiger partial charge in [0.2, 0.25) is 0 Å². The molecule has 4 heterocycles. The number of fused-ring (bicyclic) bond motifs is 3. The number of aromatic amines is 1. The molecule has 0 saturated carbocycles. The number of phenolic OH excluding ortho intramolecular Hbond substituents is 1. The van der Waals surface area contributed by atoms with Gasteiger partial charge in [-0.05, 0) is 42.3 Å². The van der Waals surface area contributed by atoms with Crippen LogP contribution >= 0.6 is 0 Å². The number of phenols is 1. The molecule has 1 aromatic carbocycles. The molecule has 2 bridgehead atoms. The number of aromatic hydroxyl groups is 1. The molecule has 132 valence electrons. The van der Waals surface area contributed by atoms with Gasteiger partial charge in [0.05, 0.1) is 17.9 Å². The maximum absolute atomic E-state index is 12.1. The molecule has 2 aliphatic rings. The lowest BCUT2D eigenvalue weighted by atomic mass is 10.00.